The SMILES string of the molecule is Cl.O=C(CNCC1CC1)NC1CCCN(c2ccccc2)C1=O. The number of nitrogens with one attached hydrogen (secondary N) is 2. The Labute approximate surface area is 143 Å². The van der Waals surface area contributed by atoms with Crippen LogP contribution in [0, 0.1) is 5.92 Å². The topological polar surface area (TPSA) is 61.4 Å². The molecule has 126 valence electrons. The van der Waals surface area contributed by atoms with Gasteiger partial charge in [0.05, 0.1) is 6.54 Å². The van der Waals surface area contributed by atoms with Crippen molar-refractivity contribution in [1.29, 1.82) is 0 Å². The van der Waals surface area contributed by atoms with Crippen molar-refractivity contribution in [3.05, 3.63) is 30.3 Å². The van der Waals surface area contributed by atoms with Crippen molar-refractivity contribution in [2.45, 2.75) is 31.7 Å². The van der Waals surface area contributed by atoms with Crippen LogP contribution in [0.1, 0.15) is 25.7 Å². The van der Waals surface area contributed by atoms with Gasteiger partial charge in [-0.1, -0.05) is 18.2 Å². The van der Waals surface area contributed by atoms with E-state index in [1.807, 2.05) is 30.3 Å². The molecule has 2 fully saturated rings. The number of benzene rings is 1. The Morgan fingerprint density at radius 2 is 1.91 bits per heavy atom. The Morgan fingerprint density at radius 1 is 1.17 bits per heavy atom. The van der Waals surface area contributed by atoms with Crippen LogP contribution in [0.15, 0.2) is 30.3 Å². The second-order valence-electron chi connectivity index (χ2n) is 6.16. The molecule has 1 aliphatic carbocycles. The van der Waals surface area contributed by atoms with Gasteiger partial charge in [0.15, 0.2) is 0 Å². The number of rotatable bonds is 6. The Balaban J connectivity index is 0.00000192. The number of carbonyl (C=O) groups is 2. The van der Waals surface area contributed by atoms with Gasteiger partial charge in [0.2, 0.25) is 11.8 Å². The zero-order chi connectivity index (χ0) is 15.4. The number of piperidine rings is 1. The monoisotopic (exact) mass is 337 g/mol. The molecule has 5 nitrogen and oxygen atoms in total. The van der Waals surface area contributed by atoms with E-state index in [1.165, 1.54) is 12.8 Å². The zero-order valence-corrected chi connectivity index (χ0v) is 14.0. The van der Waals surface area contributed by atoms with Crippen molar-refractivity contribution in [1.82, 2.24) is 10.6 Å². The molecule has 2 aliphatic rings. The fourth-order valence-corrected chi connectivity index (χ4v) is 2.83. The van der Waals surface area contributed by atoms with Crippen molar-refractivity contribution >= 4 is 29.9 Å². The molecule has 23 heavy (non-hydrogen) atoms. The van der Waals surface area contributed by atoms with Crippen molar-refractivity contribution in [2.75, 3.05) is 24.5 Å². The van der Waals surface area contributed by atoms with E-state index >= 15 is 0 Å². The smallest absolute Gasteiger partial charge is 0.249 e. The van der Waals surface area contributed by atoms with Gasteiger partial charge in [-0.2, -0.15) is 0 Å². The maximum atomic E-state index is 12.5. The highest BCUT2D eigenvalue weighted by molar-refractivity contribution is 6.00. The molecule has 1 atom stereocenters. The van der Waals surface area contributed by atoms with Crippen LogP contribution in [-0.4, -0.2) is 37.5 Å². The fourth-order valence-electron chi connectivity index (χ4n) is 2.83. The molecular weight excluding hydrogens is 314 g/mol. The summed E-state index contributed by atoms with van der Waals surface area (Å²) in [5.74, 6) is 0.652. The predicted molar refractivity (Wildman–Crippen MR) is 92.8 cm³/mol. The van der Waals surface area contributed by atoms with Gasteiger partial charge < -0.3 is 15.5 Å². The van der Waals surface area contributed by atoms with Gasteiger partial charge in [0.1, 0.15) is 6.04 Å². The standard InChI is InChI=1S/C17H23N3O2.ClH/c21-16(12-18-11-13-8-9-13)19-15-7-4-10-20(17(15)22)14-5-2-1-3-6-14;/h1-3,5-6,13,15,18H,4,7-12H2,(H,19,21);1H. The molecule has 1 saturated heterocycles. The summed E-state index contributed by atoms with van der Waals surface area (Å²) in [7, 11) is 0. The lowest BCUT2D eigenvalue weighted by Gasteiger charge is -2.32. The first kappa shape index (κ1) is 17.8. The number of halogens is 1. The third kappa shape index (κ3) is 4.94. The highest BCUT2D eigenvalue weighted by atomic mass is 35.5. The molecule has 1 saturated carbocycles. The molecule has 3 rings (SSSR count). The number of para-hydroxylation sites is 1. The summed E-state index contributed by atoms with van der Waals surface area (Å²) < 4.78 is 0. The lowest BCUT2D eigenvalue weighted by atomic mass is 10.0. The van der Waals surface area contributed by atoms with Gasteiger partial charge in [0.25, 0.3) is 0 Å². The van der Waals surface area contributed by atoms with Crippen LogP contribution in [0.4, 0.5) is 5.69 Å². The predicted octanol–water partition coefficient (Wildman–Crippen LogP) is 1.72. The zero-order valence-electron chi connectivity index (χ0n) is 13.2. The molecule has 0 radical (unpaired) electrons. The van der Waals surface area contributed by atoms with Gasteiger partial charge in [-0.05, 0) is 50.3 Å². The van der Waals surface area contributed by atoms with Gasteiger partial charge in [-0.3, -0.25) is 9.59 Å². The average molecular weight is 338 g/mol. The number of carbonyl (C=O) groups excluding carboxylic acids is 2. The molecule has 1 aromatic carbocycles. The summed E-state index contributed by atoms with van der Waals surface area (Å²) in [4.78, 5) is 26.3. The van der Waals surface area contributed by atoms with E-state index in [0.29, 0.717) is 6.54 Å². The normalized spacial score (nSPS) is 20.8. The maximum Gasteiger partial charge on any atom is 0.249 e. The van der Waals surface area contributed by atoms with Crippen LogP contribution in [0.25, 0.3) is 0 Å². The third-order valence-corrected chi connectivity index (χ3v) is 4.26. The number of nitrogens with zero attached hydrogens (tertiary/aromatic N) is 1. The number of anilines is 1. The first-order chi connectivity index (χ1) is 10.7. The van der Waals surface area contributed by atoms with Gasteiger partial charge >= 0.3 is 0 Å². The van der Waals surface area contributed by atoms with Gasteiger partial charge in [-0.15, -0.1) is 12.4 Å². The van der Waals surface area contributed by atoms with Crippen LogP contribution >= 0.6 is 12.4 Å². The first-order valence-corrected chi connectivity index (χ1v) is 8.10. The number of amides is 2. The molecule has 0 aromatic heterocycles. The Bertz CT molecular complexity index is 534. The van der Waals surface area contributed by atoms with Crippen molar-refractivity contribution in [2.24, 2.45) is 5.92 Å². The summed E-state index contributed by atoms with van der Waals surface area (Å²) in [5.41, 5.74) is 0.901. The largest absolute Gasteiger partial charge is 0.343 e. The Kier molecular flexibility index (Phi) is 6.42. The van der Waals surface area contributed by atoms with Crippen LogP contribution < -0.4 is 15.5 Å². The van der Waals surface area contributed by atoms with E-state index in [9.17, 15) is 9.59 Å². The molecule has 1 unspecified atom stereocenters. The maximum absolute atomic E-state index is 12.5. The van der Waals surface area contributed by atoms with E-state index in [-0.39, 0.29) is 24.2 Å². The molecule has 1 aromatic rings. The molecule has 2 N–H and O–H groups in total. The van der Waals surface area contributed by atoms with Crippen LogP contribution in [0.5, 0.6) is 0 Å². The average Bonchev–Trinajstić information content (AvgIpc) is 3.34. The first-order valence-electron chi connectivity index (χ1n) is 8.10. The van der Waals surface area contributed by atoms with Crippen LogP contribution in [0.3, 0.4) is 0 Å². The number of hydrogen-bond acceptors (Lipinski definition) is 3. The van der Waals surface area contributed by atoms with Crippen molar-refractivity contribution < 1.29 is 9.59 Å². The highest BCUT2D eigenvalue weighted by Crippen LogP contribution is 2.27. The van der Waals surface area contributed by atoms with E-state index in [1.54, 1.807) is 4.90 Å². The summed E-state index contributed by atoms with van der Waals surface area (Å²) in [6.07, 6.45) is 4.15. The highest BCUT2D eigenvalue weighted by Gasteiger charge is 2.30. The minimum absolute atomic E-state index is 0. The molecule has 2 amide bonds. The van der Waals surface area contributed by atoms with E-state index in [4.69, 9.17) is 0 Å². The lowest BCUT2D eigenvalue weighted by molar-refractivity contribution is -0.128. The van der Waals surface area contributed by atoms with Gasteiger partial charge in [0, 0.05) is 12.2 Å². The van der Waals surface area contributed by atoms with E-state index in [0.717, 1.165) is 37.5 Å². The molecule has 1 aliphatic heterocycles. The second kappa shape index (κ2) is 8.31. The summed E-state index contributed by atoms with van der Waals surface area (Å²) >= 11 is 0. The van der Waals surface area contributed by atoms with Crippen molar-refractivity contribution in [3.8, 4) is 0 Å². The Hall–Kier alpha value is -1.59. The van der Waals surface area contributed by atoms with Crippen LogP contribution in [-0.2, 0) is 9.59 Å². The fraction of sp³-hybridized carbons (Fsp3) is 0.529. The van der Waals surface area contributed by atoms with E-state index < -0.39 is 6.04 Å². The summed E-state index contributed by atoms with van der Waals surface area (Å²) in [6.45, 7) is 1.92. The minimum Gasteiger partial charge on any atom is -0.343 e. The molecule has 6 heteroatoms. The number of hydrogen-bond donors (Lipinski definition) is 2. The molecule has 0 bridgehead atoms. The Morgan fingerprint density at radius 3 is 2.61 bits per heavy atom. The summed E-state index contributed by atoms with van der Waals surface area (Å²) in [6, 6.07) is 9.24. The van der Waals surface area contributed by atoms with Gasteiger partial charge in [-0.25, -0.2) is 0 Å². The lowest BCUT2D eigenvalue weighted by Crippen LogP contribution is -2.53. The third-order valence-electron chi connectivity index (χ3n) is 4.26. The van der Waals surface area contributed by atoms with E-state index in [2.05, 4.69) is 10.6 Å². The van der Waals surface area contributed by atoms with Crippen LogP contribution in [0.2, 0.25) is 0 Å². The quantitative estimate of drug-likeness (QED) is 0.831. The minimum atomic E-state index is -0.399. The molecular formula is C17H24ClN3O2. The molecule has 1 heterocycles. The summed E-state index contributed by atoms with van der Waals surface area (Å²) in [5, 5.41) is 6.03. The van der Waals surface area contributed by atoms with Crippen molar-refractivity contribution in [3.63, 3.8) is 0 Å². The second-order valence-corrected chi connectivity index (χ2v) is 6.16. The molecule has 0 spiro atoms.